The predicted molar refractivity (Wildman–Crippen MR) is 71.8 cm³/mol. The predicted octanol–water partition coefficient (Wildman–Crippen LogP) is 3.35. The summed E-state index contributed by atoms with van der Waals surface area (Å²) in [6.07, 6.45) is 1.83. The SMILES string of the molecule is CC(CCCO)NCc1ccc(Br)c(Cl)c1. The van der Waals surface area contributed by atoms with Crippen molar-refractivity contribution in [1.82, 2.24) is 5.32 Å². The molecule has 0 saturated carbocycles. The third-order valence-electron chi connectivity index (χ3n) is 2.43. The number of benzene rings is 1. The highest BCUT2D eigenvalue weighted by Gasteiger charge is 2.02. The zero-order chi connectivity index (χ0) is 12.0. The molecule has 1 atom stereocenters. The van der Waals surface area contributed by atoms with E-state index in [1.807, 2.05) is 18.2 Å². The van der Waals surface area contributed by atoms with E-state index in [1.165, 1.54) is 5.56 Å². The molecular weight excluding hydrogens is 289 g/mol. The van der Waals surface area contributed by atoms with Crippen LogP contribution in [0.15, 0.2) is 22.7 Å². The Bertz CT molecular complexity index is 333. The second kappa shape index (κ2) is 7.28. The molecular formula is C12H17BrClNO. The highest BCUT2D eigenvalue weighted by molar-refractivity contribution is 9.10. The standard InChI is InChI=1S/C12H17BrClNO/c1-9(3-2-6-16)15-8-10-4-5-11(13)12(14)7-10/h4-5,7,9,15-16H,2-3,6,8H2,1H3. The molecule has 0 amide bonds. The second-order valence-electron chi connectivity index (χ2n) is 3.90. The lowest BCUT2D eigenvalue weighted by atomic mass is 10.1. The van der Waals surface area contributed by atoms with E-state index in [1.54, 1.807) is 0 Å². The molecule has 1 unspecified atom stereocenters. The molecule has 0 saturated heterocycles. The smallest absolute Gasteiger partial charge is 0.0551 e. The van der Waals surface area contributed by atoms with Crippen LogP contribution in [-0.4, -0.2) is 17.8 Å². The van der Waals surface area contributed by atoms with E-state index in [0.29, 0.717) is 6.04 Å². The van der Waals surface area contributed by atoms with E-state index in [2.05, 4.69) is 28.2 Å². The first-order chi connectivity index (χ1) is 7.63. The molecule has 0 aliphatic rings. The minimum atomic E-state index is 0.260. The fourth-order valence-electron chi connectivity index (χ4n) is 1.44. The van der Waals surface area contributed by atoms with Crippen LogP contribution in [0.4, 0.5) is 0 Å². The molecule has 0 aliphatic heterocycles. The number of aliphatic hydroxyl groups is 1. The van der Waals surface area contributed by atoms with Crippen molar-refractivity contribution in [3.63, 3.8) is 0 Å². The minimum absolute atomic E-state index is 0.260. The van der Waals surface area contributed by atoms with Gasteiger partial charge in [0, 0.05) is 23.7 Å². The lowest BCUT2D eigenvalue weighted by molar-refractivity contribution is 0.276. The van der Waals surface area contributed by atoms with Gasteiger partial charge in [0.2, 0.25) is 0 Å². The van der Waals surface area contributed by atoms with Crippen LogP contribution < -0.4 is 5.32 Å². The van der Waals surface area contributed by atoms with Crippen LogP contribution in [0.2, 0.25) is 5.02 Å². The van der Waals surface area contributed by atoms with Gasteiger partial charge in [-0.15, -0.1) is 0 Å². The summed E-state index contributed by atoms with van der Waals surface area (Å²) in [6.45, 7) is 3.19. The lowest BCUT2D eigenvalue weighted by Crippen LogP contribution is -2.25. The fourth-order valence-corrected chi connectivity index (χ4v) is 1.89. The van der Waals surface area contributed by atoms with Gasteiger partial charge in [-0.2, -0.15) is 0 Å². The van der Waals surface area contributed by atoms with Gasteiger partial charge in [0.15, 0.2) is 0 Å². The fraction of sp³-hybridized carbons (Fsp3) is 0.500. The summed E-state index contributed by atoms with van der Waals surface area (Å²) >= 11 is 9.37. The Morgan fingerprint density at radius 3 is 2.88 bits per heavy atom. The molecule has 90 valence electrons. The number of aliphatic hydroxyl groups excluding tert-OH is 1. The molecule has 2 nitrogen and oxygen atoms in total. The average molecular weight is 307 g/mol. The summed E-state index contributed by atoms with van der Waals surface area (Å²) < 4.78 is 0.922. The first-order valence-electron chi connectivity index (χ1n) is 5.41. The van der Waals surface area contributed by atoms with Crippen LogP contribution in [0.1, 0.15) is 25.3 Å². The van der Waals surface area contributed by atoms with Crippen LogP contribution in [0.5, 0.6) is 0 Å². The van der Waals surface area contributed by atoms with E-state index in [-0.39, 0.29) is 6.61 Å². The van der Waals surface area contributed by atoms with Crippen LogP contribution in [0.25, 0.3) is 0 Å². The van der Waals surface area contributed by atoms with Crippen molar-refractivity contribution in [2.24, 2.45) is 0 Å². The molecule has 0 aromatic heterocycles. The summed E-state index contributed by atoms with van der Waals surface area (Å²) in [4.78, 5) is 0. The maximum absolute atomic E-state index is 8.72. The quantitative estimate of drug-likeness (QED) is 0.845. The number of nitrogens with one attached hydrogen (secondary N) is 1. The van der Waals surface area contributed by atoms with Crippen molar-refractivity contribution in [3.8, 4) is 0 Å². The molecule has 1 rings (SSSR count). The Balaban J connectivity index is 2.39. The first kappa shape index (κ1) is 14.0. The average Bonchev–Trinajstić information content (AvgIpc) is 2.28. The molecule has 1 aromatic rings. The van der Waals surface area contributed by atoms with Crippen molar-refractivity contribution < 1.29 is 5.11 Å². The van der Waals surface area contributed by atoms with Gasteiger partial charge in [0.25, 0.3) is 0 Å². The molecule has 0 fully saturated rings. The molecule has 4 heteroatoms. The Morgan fingerprint density at radius 1 is 1.50 bits per heavy atom. The molecule has 2 N–H and O–H groups in total. The summed E-state index contributed by atoms with van der Waals surface area (Å²) in [7, 11) is 0. The lowest BCUT2D eigenvalue weighted by Gasteiger charge is -2.13. The van der Waals surface area contributed by atoms with E-state index >= 15 is 0 Å². The van der Waals surface area contributed by atoms with Crippen LogP contribution in [0.3, 0.4) is 0 Å². The molecule has 0 heterocycles. The van der Waals surface area contributed by atoms with Crippen molar-refractivity contribution in [2.75, 3.05) is 6.61 Å². The zero-order valence-corrected chi connectivity index (χ0v) is 11.7. The van der Waals surface area contributed by atoms with Crippen LogP contribution in [0, 0.1) is 0 Å². The topological polar surface area (TPSA) is 32.3 Å². The summed E-state index contributed by atoms with van der Waals surface area (Å²) in [5, 5.41) is 12.9. The monoisotopic (exact) mass is 305 g/mol. The number of rotatable bonds is 6. The Hall–Kier alpha value is -0.0900. The van der Waals surface area contributed by atoms with Gasteiger partial charge in [-0.05, 0) is 53.4 Å². The zero-order valence-electron chi connectivity index (χ0n) is 9.34. The van der Waals surface area contributed by atoms with Gasteiger partial charge in [-0.1, -0.05) is 17.7 Å². The third-order valence-corrected chi connectivity index (χ3v) is 3.67. The Labute approximate surface area is 110 Å². The number of hydrogen-bond donors (Lipinski definition) is 2. The van der Waals surface area contributed by atoms with Gasteiger partial charge >= 0.3 is 0 Å². The van der Waals surface area contributed by atoms with Gasteiger partial charge in [-0.3, -0.25) is 0 Å². The second-order valence-corrected chi connectivity index (χ2v) is 5.16. The van der Waals surface area contributed by atoms with Gasteiger partial charge in [-0.25, -0.2) is 0 Å². The van der Waals surface area contributed by atoms with Crippen LogP contribution >= 0.6 is 27.5 Å². The Kier molecular flexibility index (Phi) is 6.36. The summed E-state index contributed by atoms with van der Waals surface area (Å²) in [6, 6.07) is 6.37. The Morgan fingerprint density at radius 2 is 2.25 bits per heavy atom. The summed E-state index contributed by atoms with van der Waals surface area (Å²) in [5.74, 6) is 0. The van der Waals surface area contributed by atoms with Gasteiger partial charge in [0.1, 0.15) is 0 Å². The van der Waals surface area contributed by atoms with E-state index < -0.39 is 0 Å². The normalized spacial score (nSPS) is 12.8. The number of halogens is 2. The van der Waals surface area contributed by atoms with Crippen molar-refractivity contribution in [1.29, 1.82) is 0 Å². The maximum atomic E-state index is 8.72. The van der Waals surface area contributed by atoms with E-state index in [4.69, 9.17) is 16.7 Å². The summed E-state index contributed by atoms with van der Waals surface area (Å²) in [5.41, 5.74) is 1.17. The number of hydrogen-bond acceptors (Lipinski definition) is 2. The van der Waals surface area contributed by atoms with Crippen molar-refractivity contribution in [2.45, 2.75) is 32.4 Å². The molecule has 1 aromatic carbocycles. The highest BCUT2D eigenvalue weighted by atomic mass is 79.9. The molecule has 0 radical (unpaired) electrons. The van der Waals surface area contributed by atoms with E-state index in [9.17, 15) is 0 Å². The maximum Gasteiger partial charge on any atom is 0.0551 e. The largest absolute Gasteiger partial charge is 0.396 e. The van der Waals surface area contributed by atoms with Crippen LogP contribution in [-0.2, 0) is 6.54 Å². The molecule has 0 aliphatic carbocycles. The molecule has 0 bridgehead atoms. The third kappa shape index (κ3) is 4.83. The minimum Gasteiger partial charge on any atom is -0.396 e. The first-order valence-corrected chi connectivity index (χ1v) is 6.58. The van der Waals surface area contributed by atoms with Crippen molar-refractivity contribution in [3.05, 3.63) is 33.3 Å². The molecule has 16 heavy (non-hydrogen) atoms. The van der Waals surface area contributed by atoms with Gasteiger partial charge in [0.05, 0.1) is 5.02 Å². The van der Waals surface area contributed by atoms with E-state index in [0.717, 1.165) is 28.9 Å². The van der Waals surface area contributed by atoms with Gasteiger partial charge < -0.3 is 10.4 Å². The highest BCUT2D eigenvalue weighted by Crippen LogP contribution is 2.23. The van der Waals surface area contributed by atoms with Crippen molar-refractivity contribution >= 4 is 27.5 Å². The molecule has 0 spiro atoms.